The summed E-state index contributed by atoms with van der Waals surface area (Å²) in [5.74, 6) is -0.347. The number of carboxylic acid groups (broad SMARTS) is 1. The second-order valence-electron chi connectivity index (χ2n) is 8.38. The van der Waals surface area contributed by atoms with Gasteiger partial charge in [-0.2, -0.15) is 0 Å². The van der Waals surface area contributed by atoms with Gasteiger partial charge in [0.2, 0.25) is 0 Å². The Labute approximate surface area is 204 Å². The average molecular weight is 495 g/mol. The Morgan fingerprint density at radius 2 is 1.57 bits per heavy atom. The van der Waals surface area contributed by atoms with Crippen LogP contribution in [0, 0.1) is 0 Å². The molecule has 1 fully saturated rings. The van der Waals surface area contributed by atoms with Crippen LogP contribution in [0.3, 0.4) is 0 Å². The lowest BCUT2D eigenvalue weighted by Gasteiger charge is -2.26. The standard InChI is InChI=1S/C26H26N2O6S/c1-34-24-11-8-21(16-23(24)19-4-6-20(7-5-19)26(30)31)25(29)27-22-9-2-18(3-10-22)17-28-12-14-35(32,33)15-13-28/h2-11,16H,12-15,17H2,1H3,(H,27,29)(H,30,31). The predicted molar refractivity (Wildman–Crippen MR) is 134 cm³/mol. The molecular formula is C26H26N2O6S. The summed E-state index contributed by atoms with van der Waals surface area (Å²) in [7, 11) is -1.37. The van der Waals surface area contributed by atoms with Gasteiger partial charge in [-0.3, -0.25) is 9.69 Å². The molecule has 9 heteroatoms. The van der Waals surface area contributed by atoms with E-state index in [1.54, 1.807) is 30.3 Å². The number of carbonyl (C=O) groups excluding carboxylic acids is 1. The molecule has 0 atom stereocenters. The molecule has 0 unspecified atom stereocenters. The molecule has 0 aromatic heterocycles. The summed E-state index contributed by atoms with van der Waals surface area (Å²) in [5.41, 5.74) is 3.70. The number of sulfone groups is 1. The van der Waals surface area contributed by atoms with Gasteiger partial charge in [-0.25, -0.2) is 13.2 Å². The van der Waals surface area contributed by atoms with Gasteiger partial charge in [-0.15, -0.1) is 0 Å². The normalized spacial score (nSPS) is 15.3. The van der Waals surface area contributed by atoms with Gasteiger partial charge in [0.15, 0.2) is 9.84 Å². The molecule has 0 saturated carbocycles. The fourth-order valence-electron chi connectivity index (χ4n) is 3.93. The van der Waals surface area contributed by atoms with Crippen molar-refractivity contribution in [2.24, 2.45) is 0 Å². The molecule has 0 radical (unpaired) electrons. The lowest BCUT2D eigenvalue weighted by molar-refractivity contribution is 0.0696. The number of hydrogen-bond acceptors (Lipinski definition) is 6. The summed E-state index contributed by atoms with van der Waals surface area (Å²) in [6, 6.07) is 18.9. The zero-order valence-electron chi connectivity index (χ0n) is 19.2. The molecule has 3 aromatic carbocycles. The van der Waals surface area contributed by atoms with E-state index in [1.807, 2.05) is 24.3 Å². The third-order valence-corrected chi connectivity index (χ3v) is 7.57. The maximum Gasteiger partial charge on any atom is 0.335 e. The van der Waals surface area contributed by atoms with Crippen molar-refractivity contribution in [1.29, 1.82) is 0 Å². The van der Waals surface area contributed by atoms with Crippen molar-refractivity contribution in [2.45, 2.75) is 6.54 Å². The third kappa shape index (κ3) is 6.06. The van der Waals surface area contributed by atoms with E-state index < -0.39 is 15.8 Å². The number of anilines is 1. The van der Waals surface area contributed by atoms with Gasteiger partial charge in [0.05, 0.1) is 24.2 Å². The van der Waals surface area contributed by atoms with E-state index in [4.69, 9.17) is 9.84 Å². The van der Waals surface area contributed by atoms with Gasteiger partial charge >= 0.3 is 5.97 Å². The molecule has 1 heterocycles. The zero-order chi connectivity index (χ0) is 25.0. The Hall–Kier alpha value is -3.69. The Bertz CT molecular complexity index is 1320. The first-order valence-electron chi connectivity index (χ1n) is 11.1. The monoisotopic (exact) mass is 494 g/mol. The summed E-state index contributed by atoms with van der Waals surface area (Å²) < 4.78 is 28.6. The maximum atomic E-state index is 12.9. The summed E-state index contributed by atoms with van der Waals surface area (Å²) in [4.78, 5) is 26.1. The van der Waals surface area contributed by atoms with Crippen LogP contribution in [-0.4, -0.2) is 62.0 Å². The Morgan fingerprint density at radius 1 is 0.943 bits per heavy atom. The molecule has 8 nitrogen and oxygen atoms in total. The minimum Gasteiger partial charge on any atom is -0.496 e. The number of carbonyl (C=O) groups is 2. The number of hydrogen-bond donors (Lipinski definition) is 2. The van der Waals surface area contributed by atoms with Crippen LogP contribution in [0.25, 0.3) is 11.1 Å². The highest BCUT2D eigenvalue weighted by Crippen LogP contribution is 2.31. The van der Waals surface area contributed by atoms with Gasteiger partial charge in [0, 0.05) is 36.4 Å². The number of rotatable bonds is 7. The van der Waals surface area contributed by atoms with Crippen molar-refractivity contribution in [3.63, 3.8) is 0 Å². The fraction of sp³-hybridized carbons (Fsp3) is 0.231. The molecule has 4 rings (SSSR count). The topological polar surface area (TPSA) is 113 Å². The van der Waals surface area contributed by atoms with Gasteiger partial charge in [-0.05, 0) is 53.6 Å². The molecule has 35 heavy (non-hydrogen) atoms. The van der Waals surface area contributed by atoms with Crippen LogP contribution in [-0.2, 0) is 16.4 Å². The molecular weight excluding hydrogens is 468 g/mol. The minimum atomic E-state index is -2.91. The molecule has 0 bridgehead atoms. The minimum absolute atomic E-state index is 0.176. The number of benzene rings is 3. The van der Waals surface area contributed by atoms with Crippen molar-refractivity contribution >= 4 is 27.4 Å². The molecule has 1 aliphatic rings. The van der Waals surface area contributed by atoms with Crippen LogP contribution >= 0.6 is 0 Å². The number of methoxy groups -OCH3 is 1. The number of amides is 1. The van der Waals surface area contributed by atoms with E-state index in [9.17, 15) is 18.0 Å². The quantitative estimate of drug-likeness (QED) is 0.517. The first-order chi connectivity index (χ1) is 16.7. The Balaban J connectivity index is 1.45. The summed E-state index contributed by atoms with van der Waals surface area (Å²) in [6.07, 6.45) is 0. The molecule has 1 amide bonds. The number of nitrogens with zero attached hydrogens (tertiary/aromatic N) is 1. The van der Waals surface area contributed by atoms with Crippen molar-refractivity contribution < 1.29 is 27.9 Å². The lowest BCUT2D eigenvalue weighted by atomic mass is 10.00. The molecule has 1 aliphatic heterocycles. The molecule has 1 saturated heterocycles. The van der Waals surface area contributed by atoms with Crippen molar-refractivity contribution in [3.8, 4) is 16.9 Å². The highest BCUT2D eigenvalue weighted by molar-refractivity contribution is 7.91. The molecule has 182 valence electrons. The smallest absolute Gasteiger partial charge is 0.335 e. The van der Waals surface area contributed by atoms with Crippen LogP contribution in [0.15, 0.2) is 66.7 Å². The van der Waals surface area contributed by atoms with E-state index in [0.717, 1.165) is 11.1 Å². The highest BCUT2D eigenvalue weighted by atomic mass is 32.2. The molecule has 0 aliphatic carbocycles. The lowest BCUT2D eigenvalue weighted by Crippen LogP contribution is -2.39. The maximum absolute atomic E-state index is 12.9. The summed E-state index contributed by atoms with van der Waals surface area (Å²) in [6.45, 7) is 1.71. The Kier molecular flexibility index (Phi) is 7.18. The predicted octanol–water partition coefficient (Wildman–Crippen LogP) is 3.54. The summed E-state index contributed by atoms with van der Waals surface area (Å²) in [5, 5.41) is 12.0. The average Bonchev–Trinajstić information content (AvgIpc) is 2.86. The summed E-state index contributed by atoms with van der Waals surface area (Å²) >= 11 is 0. The van der Waals surface area contributed by atoms with E-state index >= 15 is 0 Å². The third-order valence-electron chi connectivity index (χ3n) is 5.96. The number of ether oxygens (including phenoxy) is 1. The van der Waals surface area contributed by atoms with Crippen molar-refractivity contribution in [3.05, 3.63) is 83.4 Å². The van der Waals surface area contributed by atoms with Gasteiger partial charge in [-0.1, -0.05) is 24.3 Å². The van der Waals surface area contributed by atoms with E-state index in [-0.39, 0.29) is 23.0 Å². The highest BCUT2D eigenvalue weighted by Gasteiger charge is 2.21. The number of nitrogens with one attached hydrogen (secondary N) is 1. The molecule has 2 N–H and O–H groups in total. The van der Waals surface area contributed by atoms with Crippen molar-refractivity contribution in [2.75, 3.05) is 37.0 Å². The number of carboxylic acids is 1. The fourth-order valence-corrected chi connectivity index (χ4v) is 5.21. The van der Waals surface area contributed by atoms with Gasteiger partial charge < -0.3 is 15.2 Å². The largest absolute Gasteiger partial charge is 0.496 e. The van der Waals surface area contributed by atoms with E-state index in [1.165, 1.54) is 19.2 Å². The second-order valence-corrected chi connectivity index (χ2v) is 10.7. The van der Waals surface area contributed by atoms with Crippen LogP contribution in [0.1, 0.15) is 26.3 Å². The van der Waals surface area contributed by atoms with Crippen LogP contribution in [0.2, 0.25) is 0 Å². The van der Waals surface area contributed by atoms with Crippen LogP contribution in [0.5, 0.6) is 5.75 Å². The van der Waals surface area contributed by atoms with E-state index in [0.29, 0.717) is 42.2 Å². The first kappa shape index (κ1) is 24.4. The van der Waals surface area contributed by atoms with Crippen molar-refractivity contribution in [1.82, 2.24) is 4.90 Å². The van der Waals surface area contributed by atoms with Gasteiger partial charge in [0.25, 0.3) is 5.91 Å². The first-order valence-corrected chi connectivity index (χ1v) is 12.9. The Morgan fingerprint density at radius 3 is 2.17 bits per heavy atom. The van der Waals surface area contributed by atoms with E-state index in [2.05, 4.69) is 10.2 Å². The second kappa shape index (κ2) is 10.3. The SMILES string of the molecule is COc1ccc(C(=O)Nc2ccc(CN3CCS(=O)(=O)CC3)cc2)cc1-c1ccc(C(=O)O)cc1. The molecule has 3 aromatic rings. The van der Waals surface area contributed by atoms with Crippen LogP contribution in [0.4, 0.5) is 5.69 Å². The number of aromatic carboxylic acids is 1. The molecule has 0 spiro atoms. The van der Waals surface area contributed by atoms with Gasteiger partial charge in [0.1, 0.15) is 5.75 Å². The zero-order valence-corrected chi connectivity index (χ0v) is 20.0. The van der Waals surface area contributed by atoms with Crippen LogP contribution < -0.4 is 10.1 Å².